The van der Waals surface area contributed by atoms with Crippen molar-refractivity contribution in [3.8, 4) is 0 Å². The topological polar surface area (TPSA) is 101 Å². The number of benzene rings is 1. The molecule has 0 spiro atoms. The molecule has 24 heavy (non-hydrogen) atoms. The summed E-state index contributed by atoms with van der Waals surface area (Å²) in [6, 6.07) is 8.77. The minimum absolute atomic E-state index is 0.0683. The van der Waals surface area contributed by atoms with Crippen LogP contribution in [0.1, 0.15) is 32.2 Å². The lowest BCUT2D eigenvalue weighted by Gasteiger charge is -2.04. The molecule has 2 heterocycles. The number of carbonyl (C=O) groups is 2. The molecule has 0 fully saturated rings. The van der Waals surface area contributed by atoms with Gasteiger partial charge in [-0.15, -0.1) is 5.10 Å². The Kier molecular flexibility index (Phi) is 4.19. The molecule has 8 nitrogen and oxygen atoms in total. The Hall–Kier alpha value is -3.29. The number of carbonyl (C=O) groups excluding carboxylic acids is 2. The van der Waals surface area contributed by atoms with E-state index >= 15 is 0 Å². The zero-order chi connectivity index (χ0) is 17.1. The van der Waals surface area contributed by atoms with Crippen LogP contribution in [0.5, 0.6) is 0 Å². The van der Waals surface area contributed by atoms with Crippen molar-refractivity contribution in [1.82, 2.24) is 30.2 Å². The smallest absolute Gasteiger partial charge is 0.291 e. The first kappa shape index (κ1) is 15.6. The predicted octanol–water partition coefficient (Wildman–Crippen LogP) is 0.722. The Morgan fingerprint density at radius 3 is 2.54 bits per heavy atom. The summed E-state index contributed by atoms with van der Waals surface area (Å²) < 4.78 is 1.52. The highest BCUT2D eigenvalue weighted by molar-refractivity contribution is 5.94. The molecule has 0 aliphatic rings. The van der Waals surface area contributed by atoms with Crippen LogP contribution in [0.4, 0.5) is 0 Å². The van der Waals surface area contributed by atoms with E-state index in [1.54, 1.807) is 43.6 Å². The summed E-state index contributed by atoms with van der Waals surface area (Å²) in [5.74, 6) is -0.0773. The fourth-order valence-corrected chi connectivity index (χ4v) is 2.18. The third-order valence-corrected chi connectivity index (χ3v) is 3.53. The molecular formula is C16H16N6O2. The van der Waals surface area contributed by atoms with Crippen LogP contribution >= 0.6 is 0 Å². The van der Waals surface area contributed by atoms with Crippen molar-refractivity contribution in [2.45, 2.75) is 13.5 Å². The molecule has 0 atom stereocenters. The standard InChI is InChI=1S/C16H16N6O2/c1-10-7-8-18-16-20-13(21-22(10)16)15(24)19-9-11-3-5-12(6-4-11)14(23)17-2/h3-8H,9H2,1-2H3,(H,17,23)(H,19,24). The monoisotopic (exact) mass is 324 g/mol. The largest absolute Gasteiger partial charge is 0.355 e. The Labute approximate surface area is 137 Å². The van der Waals surface area contributed by atoms with Gasteiger partial charge in [0.25, 0.3) is 17.6 Å². The van der Waals surface area contributed by atoms with Gasteiger partial charge in [-0.2, -0.15) is 4.98 Å². The van der Waals surface area contributed by atoms with Crippen molar-refractivity contribution < 1.29 is 9.59 Å². The summed E-state index contributed by atoms with van der Waals surface area (Å²) in [5.41, 5.74) is 2.28. The Morgan fingerprint density at radius 1 is 1.12 bits per heavy atom. The van der Waals surface area contributed by atoms with E-state index in [2.05, 4.69) is 25.7 Å². The van der Waals surface area contributed by atoms with Gasteiger partial charge in [0.05, 0.1) is 0 Å². The van der Waals surface area contributed by atoms with Crippen molar-refractivity contribution in [2.75, 3.05) is 7.05 Å². The third-order valence-electron chi connectivity index (χ3n) is 3.53. The van der Waals surface area contributed by atoms with E-state index in [4.69, 9.17) is 0 Å². The van der Waals surface area contributed by atoms with Gasteiger partial charge in [0.1, 0.15) is 0 Å². The molecule has 2 N–H and O–H groups in total. The average Bonchev–Trinajstić information content (AvgIpc) is 3.05. The molecule has 0 radical (unpaired) electrons. The highest BCUT2D eigenvalue weighted by Crippen LogP contribution is 2.05. The van der Waals surface area contributed by atoms with Gasteiger partial charge in [0, 0.05) is 31.0 Å². The molecular weight excluding hydrogens is 308 g/mol. The number of rotatable bonds is 4. The molecule has 122 valence electrons. The van der Waals surface area contributed by atoms with E-state index in [0.717, 1.165) is 11.3 Å². The molecule has 8 heteroatoms. The highest BCUT2D eigenvalue weighted by atomic mass is 16.2. The molecule has 0 saturated carbocycles. The third kappa shape index (κ3) is 3.07. The van der Waals surface area contributed by atoms with E-state index in [1.165, 1.54) is 4.52 Å². The lowest BCUT2D eigenvalue weighted by atomic mass is 10.1. The summed E-state index contributed by atoms with van der Waals surface area (Å²) in [6.45, 7) is 2.17. The number of nitrogens with zero attached hydrogens (tertiary/aromatic N) is 4. The minimum Gasteiger partial charge on any atom is -0.355 e. The maximum atomic E-state index is 12.2. The number of amides is 2. The van der Waals surface area contributed by atoms with Gasteiger partial charge >= 0.3 is 0 Å². The van der Waals surface area contributed by atoms with Gasteiger partial charge in [-0.1, -0.05) is 12.1 Å². The van der Waals surface area contributed by atoms with E-state index in [1.807, 2.05) is 6.92 Å². The summed E-state index contributed by atoms with van der Waals surface area (Å²) >= 11 is 0. The van der Waals surface area contributed by atoms with E-state index in [9.17, 15) is 9.59 Å². The fourth-order valence-electron chi connectivity index (χ4n) is 2.18. The molecule has 0 aliphatic heterocycles. The quantitative estimate of drug-likeness (QED) is 0.736. The van der Waals surface area contributed by atoms with Crippen LogP contribution in [0, 0.1) is 6.92 Å². The summed E-state index contributed by atoms with van der Waals surface area (Å²) in [5, 5.41) is 9.46. The van der Waals surface area contributed by atoms with E-state index in [-0.39, 0.29) is 17.6 Å². The van der Waals surface area contributed by atoms with Crippen molar-refractivity contribution >= 4 is 17.6 Å². The molecule has 0 aliphatic carbocycles. The molecule has 0 saturated heterocycles. The summed E-state index contributed by atoms with van der Waals surface area (Å²) in [4.78, 5) is 31.8. The fraction of sp³-hybridized carbons (Fsp3) is 0.188. The van der Waals surface area contributed by atoms with Gasteiger partial charge in [-0.05, 0) is 30.7 Å². The molecule has 2 aromatic heterocycles. The van der Waals surface area contributed by atoms with Crippen molar-refractivity contribution in [3.05, 3.63) is 59.2 Å². The Bertz CT molecular complexity index is 901. The van der Waals surface area contributed by atoms with Crippen molar-refractivity contribution in [2.24, 2.45) is 0 Å². The number of hydrogen-bond acceptors (Lipinski definition) is 5. The number of aromatic nitrogens is 4. The Morgan fingerprint density at radius 2 is 1.88 bits per heavy atom. The first-order chi connectivity index (χ1) is 11.6. The average molecular weight is 324 g/mol. The highest BCUT2D eigenvalue weighted by Gasteiger charge is 2.14. The first-order valence-electron chi connectivity index (χ1n) is 7.36. The van der Waals surface area contributed by atoms with Gasteiger partial charge in [-0.3, -0.25) is 9.59 Å². The van der Waals surface area contributed by atoms with Crippen LogP contribution in [0.2, 0.25) is 0 Å². The molecule has 0 bridgehead atoms. The molecule has 2 amide bonds. The van der Waals surface area contributed by atoms with Crippen LogP contribution in [-0.2, 0) is 6.54 Å². The van der Waals surface area contributed by atoms with Crippen LogP contribution < -0.4 is 10.6 Å². The SMILES string of the molecule is CNC(=O)c1ccc(CNC(=O)c2nc3nccc(C)n3n2)cc1. The van der Waals surface area contributed by atoms with Crippen LogP contribution in [0.25, 0.3) is 5.78 Å². The first-order valence-corrected chi connectivity index (χ1v) is 7.36. The zero-order valence-corrected chi connectivity index (χ0v) is 13.3. The number of nitrogens with one attached hydrogen (secondary N) is 2. The van der Waals surface area contributed by atoms with Crippen molar-refractivity contribution in [3.63, 3.8) is 0 Å². The maximum absolute atomic E-state index is 12.2. The predicted molar refractivity (Wildman–Crippen MR) is 86.5 cm³/mol. The van der Waals surface area contributed by atoms with Gasteiger partial charge < -0.3 is 10.6 Å². The number of aryl methyl sites for hydroxylation is 1. The molecule has 3 rings (SSSR count). The second kappa shape index (κ2) is 6.45. The van der Waals surface area contributed by atoms with Crippen LogP contribution in [0.3, 0.4) is 0 Å². The van der Waals surface area contributed by atoms with Gasteiger partial charge in [0.2, 0.25) is 5.82 Å². The maximum Gasteiger partial charge on any atom is 0.291 e. The van der Waals surface area contributed by atoms with Crippen molar-refractivity contribution in [1.29, 1.82) is 0 Å². The second-order valence-electron chi connectivity index (χ2n) is 5.19. The summed E-state index contributed by atoms with van der Waals surface area (Å²) in [6.07, 6.45) is 1.62. The molecule has 3 aromatic rings. The molecule has 0 unspecified atom stereocenters. The van der Waals surface area contributed by atoms with E-state index < -0.39 is 0 Å². The summed E-state index contributed by atoms with van der Waals surface area (Å²) in [7, 11) is 1.58. The van der Waals surface area contributed by atoms with E-state index in [0.29, 0.717) is 17.9 Å². The normalized spacial score (nSPS) is 10.6. The Balaban J connectivity index is 1.68. The lowest BCUT2D eigenvalue weighted by Crippen LogP contribution is -2.24. The number of hydrogen-bond donors (Lipinski definition) is 2. The molecule has 1 aromatic carbocycles. The van der Waals surface area contributed by atoms with Gasteiger partial charge in [0.15, 0.2) is 0 Å². The minimum atomic E-state index is -0.379. The second-order valence-corrected chi connectivity index (χ2v) is 5.19. The van der Waals surface area contributed by atoms with Gasteiger partial charge in [-0.25, -0.2) is 9.50 Å². The van der Waals surface area contributed by atoms with Crippen LogP contribution in [-0.4, -0.2) is 38.4 Å². The van der Waals surface area contributed by atoms with Crippen LogP contribution in [0.15, 0.2) is 36.5 Å². The zero-order valence-electron chi connectivity index (χ0n) is 13.3. The number of fused-ring (bicyclic) bond motifs is 1. The lowest BCUT2D eigenvalue weighted by molar-refractivity contribution is 0.0937.